The van der Waals surface area contributed by atoms with Gasteiger partial charge in [0.1, 0.15) is 23.1 Å². The molecular weight excluding hydrogens is 314 g/mol. The first-order valence-corrected chi connectivity index (χ1v) is 5.81. The van der Waals surface area contributed by atoms with Gasteiger partial charge < -0.3 is 5.32 Å². The van der Waals surface area contributed by atoms with Gasteiger partial charge in [0.15, 0.2) is 0 Å². The second kappa shape index (κ2) is 5.65. The molecule has 0 unspecified atom stereocenters. The maximum Gasteiger partial charge on any atom is 0.419 e. The molecule has 0 fully saturated rings. The van der Waals surface area contributed by atoms with Crippen molar-refractivity contribution in [2.45, 2.75) is 6.18 Å². The molecule has 0 aliphatic carbocycles. The SMILES string of the molecule is O=C(Nc1cc(Cl)ncn1)c1ccc(F)c(C(F)(F)F)c1. The number of nitrogens with zero attached hydrogens (tertiary/aromatic N) is 2. The monoisotopic (exact) mass is 319 g/mol. The quantitative estimate of drug-likeness (QED) is 0.680. The van der Waals surface area contributed by atoms with Gasteiger partial charge in [-0.05, 0) is 18.2 Å². The van der Waals surface area contributed by atoms with Crippen molar-refractivity contribution in [3.8, 4) is 0 Å². The molecule has 0 saturated heterocycles. The predicted octanol–water partition coefficient (Wildman–Crippen LogP) is 3.54. The van der Waals surface area contributed by atoms with Crippen LogP contribution in [0.2, 0.25) is 5.15 Å². The molecule has 2 aromatic rings. The standard InChI is InChI=1S/C12H6ClF4N3O/c13-9-4-10(19-5-18-9)20-11(21)6-1-2-8(14)7(3-6)12(15,16)17/h1-5H,(H,18,19,20,21). The van der Waals surface area contributed by atoms with Crippen LogP contribution in [0.25, 0.3) is 0 Å². The average molecular weight is 320 g/mol. The van der Waals surface area contributed by atoms with Crippen molar-refractivity contribution in [3.05, 3.63) is 52.7 Å². The Kier molecular flexibility index (Phi) is 4.08. The van der Waals surface area contributed by atoms with Gasteiger partial charge in [0.25, 0.3) is 5.91 Å². The van der Waals surface area contributed by atoms with E-state index in [1.807, 2.05) is 0 Å². The number of nitrogens with one attached hydrogen (secondary N) is 1. The number of rotatable bonds is 2. The third kappa shape index (κ3) is 3.66. The van der Waals surface area contributed by atoms with E-state index in [9.17, 15) is 22.4 Å². The van der Waals surface area contributed by atoms with Gasteiger partial charge in [-0.1, -0.05) is 11.6 Å². The van der Waals surface area contributed by atoms with Crippen LogP contribution in [0.4, 0.5) is 23.4 Å². The number of amides is 1. The van der Waals surface area contributed by atoms with Gasteiger partial charge in [0.2, 0.25) is 0 Å². The number of carbonyl (C=O) groups excluding carboxylic acids is 1. The number of carbonyl (C=O) groups is 1. The van der Waals surface area contributed by atoms with Gasteiger partial charge in [0, 0.05) is 11.6 Å². The van der Waals surface area contributed by atoms with Crippen molar-refractivity contribution in [3.63, 3.8) is 0 Å². The van der Waals surface area contributed by atoms with Crippen LogP contribution in [-0.4, -0.2) is 15.9 Å². The normalized spacial score (nSPS) is 11.3. The lowest BCUT2D eigenvalue weighted by atomic mass is 10.1. The van der Waals surface area contributed by atoms with E-state index in [4.69, 9.17) is 11.6 Å². The molecule has 0 aliphatic heterocycles. The number of alkyl halides is 3. The summed E-state index contributed by atoms with van der Waals surface area (Å²) in [5.41, 5.74) is -1.88. The molecule has 1 heterocycles. The highest BCUT2D eigenvalue weighted by Crippen LogP contribution is 2.32. The highest BCUT2D eigenvalue weighted by atomic mass is 35.5. The molecule has 0 spiro atoms. The summed E-state index contributed by atoms with van der Waals surface area (Å²) in [7, 11) is 0. The lowest BCUT2D eigenvalue weighted by molar-refractivity contribution is -0.140. The minimum Gasteiger partial charge on any atom is -0.306 e. The Bertz CT molecular complexity index is 690. The molecule has 1 aromatic heterocycles. The van der Waals surface area contributed by atoms with Gasteiger partial charge in [-0.2, -0.15) is 13.2 Å². The fourth-order valence-corrected chi connectivity index (χ4v) is 1.62. The molecular formula is C12H6ClF4N3O. The minimum absolute atomic E-state index is 0.0119. The Hall–Kier alpha value is -2.22. The van der Waals surface area contributed by atoms with Gasteiger partial charge in [0.05, 0.1) is 5.56 Å². The van der Waals surface area contributed by atoms with Crippen LogP contribution in [0.5, 0.6) is 0 Å². The Balaban J connectivity index is 2.28. The first kappa shape index (κ1) is 15.2. The van der Waals surface area contributed by atoms with E-state index >= 15 is 0 Å². The second-order valence-corrected chi connectivity index (χ2v) is 4.26. The first-order valence-electron chi connectivity index (χ1n) is 5.43. The van der Waals surface area contributed by atoms with Crippen LogP contribution in [-0.2, 0) is 6.18 Å². The third-order valence-electron chi connectivity index (χ3n) is 2.41. The van der Waals surface area contributed by atoms with Gasteiger partial charge in [-0.25, -0.2) is 14.4 Å². The van der Waals surface area contributed by atoms with E-state index in [1.165, 1.54) is 6.07 Å². The fraction of sp³-hybridized carbons (Fsp3) is 0.0833. The van der Waals surface area contributed by atoms with Crippen LogP contribution >= 0.6 is 11.6 Å². The Morgan fingerprint density at radius 2 is 1.90 bits per heavy atom. The van der Waals surface area contributed by atoms with E-state index in [-0.39, 0.29) is 16.5 Å². The third-order valence-corrected chi connectivity index (χ3v) is 2.62. The molecule has 0 saturated carbocycles. The Morgan fingerprint density at radius 1 is 1.19 bits per heavy atom. The van der Waals surface area contributed by atoms with E-state index in [0.717, 1.165) is 12.4 Å². The van der Waals surface area contributed by atoms with Crippen LogP contribution in [0.15, 0.2) is 30.6 Å². The van der Waals surface area contributed by atoms with Crippen LogP contribution in [0.3, 0.4) is 0 Å². The van der Waals surface area contributed by atoms with Crippen LogP contribution in [0.1, 0.15) is 15.9 Å². The number of aromatic nitrogens is 2. The molecule has 0 aliphatic rings. The lowest BCUT2D eigenvalue weighted by Crippen LogP contribution is -2.16. The Morgan fingerprint density at radius 3 is 2.52 bits per heavy atom. The summed E-state index contributed by atoms with van der Waals surface area (Å²) in [6.07, 6.45) is -3.82. The number of anilines is 1. The van der Waals surface area contributed by atoms with Crippen LogP contribution < -0.4 is 5.32 Å². The van der Waals surface area contributed by atoms with Crippen molar-refractivity contribution in [2.75, 3.05) is 5.32 Å². The smallest absolute Gasteiger partial charge is 0.306 e. The topological polar surface area (TPSA) is 54.9 Å². The summed E-state index contributed by atoms with van der Waals surface area (Å²) in [6, 6.07) is 3.15. The van der Waals surface area contributed by atoms with Gasteiger partial charge >= 0.3 is 6.18 Å². The van der Waals surface area contributed by atoms with Crippen LogP contribution in [0, 0.1) is 5.82 Å². The highest BCUT2D eigenvalue weighted by molar-refractivity contribution is 6.29. The molecule has 110 valence electrons. The van der Waals surface area contributed by atoms with Crippen molar-refractivity contribution in [1.82, 2.24) is 9.97 Å². The molecule has 0 bridgehead atoms. The lowest BCUT2D eigenvalue weighted by Gasteiger charge is -2.10. The van der Waals surface area contributed by atoms with E-state index in [0.29, 0.717) is 12.1 Å². The summed E-state index contributed by atoms with van der Waals surface area (Å²) in [5, 5.41) is 2.28. The summed E-state index contributed by atoms with van der Waals surface area (Å²) < 4.78 is 50.8. The maximum absolute atomic E-state index is 13.1. The van der Waals surface area contributed by atoms with Crippen molar-refractivity contribution in [2.24, 2.45) is 0 Å². The minimum atomic E-state index is -4.89. The zero-order valence-corrected chi connectivity index (χ0v) is 10.8. The van der Waals surface area contributed by atoms with Crippen molar-refractivity contribution < 1.29 is 22.4 Å². The van der Waals surface area contributed by atoms with Crippen molar-refractivity contribution in [1.29, 1.82) is 0 Å². The van der Waals surface area contributed by atoms with Gasteiger partial charge in [-0.3, -0.25) is 4.79 Å². The summed E-state index contributed by atoms with van der Waals surface area (Å²) in [5.74, 6) is -2.32. The fourth-order valence-electron chi connectivity index (χ4n) is 1.47. The number of benzene rings is 1. The van der Waals surface area contributed by atoms with E-state index in [2.05, 4.69) is 15.3 Å². The molecule has 1 amide bonds. The van der Waals surface area contributed by atoms with Gasteiger partial charge in [-0.15, -0.1) is 0 Å². The molecule has 1 N–H and O–H groups in total. The summed E-state index contributed by atoms with van der Waals surface area (Å²) in [6.45, 7) is 0. The maximum atomic E-state index is 13.1. The summed E-state index contributed by atoms with van der Waals surface area (Å²) >= 11 is 5.58. The molecule has 9 heteroatoms. The average Bonchev–Trinajstić information content (AvgIpc) is 2.37. The highest BCUT2D eigenvalue weighted by Gasteiger charge is 2.34. The predicted molar refractivity (Wildman–Crippen MR) is 66.4 cm³/mol. The Labute approximate surface area is 120 Å². The van der Waals surface area contributed by atoms with E-state index < -0.39 is 23.5 Å². The molecule has 2 rings (SSSR count). The number of hydrogen-bond donors (Lipinski definition) is 1. The second-order valence-electron chi connectivity index (χ2n) is 3.87. The number of hydrogen-bond acceptors (Lipinski definition) is 3. The zero-order chi connectivity index (χ0) is 15.6. The molecule has 0 radical (unpaired) electrons. The largest absolute Gasteiger partial charge is 0.419 e. The number of halogens is 5. The summed E-state index contributed by atoms with van der Waals surface area (Å²) in [4.78, 5) is 19.1. The molecule has 4 nitrogen and oxygen atoms in total. The first-order chi connectivity index (χ1) is 9.77. The molecule has 21 heavy (non-hydrogen) atoms. The van der Waals surface area contributed by atoms with Crippen molar-refractivity contribution >= 4 is 23.3 Å². The zero-order valence-electron chi connectivity index (χ0n) is 10.1. The van der Waals surface area contributed by atoms with E-state index in [1.54, 1.807) is 0 Å². The molecule has 1 aromatic carbocycles. The molecule has 0 atom stereocenters.